The molecule has 1 aromatic rings. The Balaban J connectivity index is 2.36. The lowest BCUT2D eigenvalue weighted by molar-refractivity contribution is 0.0521. The zero-order valence-electron chi connectivity index (χ0n) is 11.4. The number of hydrogen-bond acceptors (Lipinski definition) is 7. The van der Waals surface area contributed by atoms with Crippen LogP contribution in [0.25, 0.3) is 0 Å². The first-order chi connectivity index (χ1) is 9.67. The first-order valence-electron chi connectivity index (χ1n) is 6.55. The minimum Gasteiger partial charge on any atom is -0.462 e. The van der Waals surface area contributed by atoms with Crippen LogP contribution in [0.3, 0.4) is 0 Å². The topological polar surface area (TPSA) is 97.9 Å². The van der Waals surface area contributed by atoms with Gasteiger partial charge in [-0.25, -0.2) is 9.78 Å². The van der Waals surface area contributed by atoms with Gasteiger partial charge in [-0.3, -0.25) is 0 Å². The number of anilines is 2. The summed E-state index contributed by atoms with van der Waals surface area (Å²) in [6, 6.07) is 1.32. The molecule has 2 rings (SSSR count). The molecule has 0 spiro atoms. The van der Waals surface area contributed by atoms with Crippen LogP contribution in [0.1, 0.15) is 17.3 Å². The van der Waals surface area contributed by atoms with E-state index in [9.17, 15) is 9.90 Å². The number of hydrogen-bond donors (Lipinski definition) is 2. The van der Waals surface area contributed by atoms with E-state index >= 15 is 0 Å². The van der Waals surface area contributed by atoms with Crippen molar-refractivity contribution in [3.05, 3.63) is 17.8 Å². The third kappa shape index (κ3) is 3.00. The molecule has 0 radical (unpaired) electrons. The molecule has 0 aliphatic carbocycles. The van der Waals surface area contributed by atoms with Gasteiger partial charge in [-0.1, -0.05) is 0 Å². The Kier molecular flexibility index (Phi) is 4.75. The molecule has 7 heteroatoms. The Labute approximate surface area is 117 Å². The fourth-order valence-electron chi connectivity index (χ4n) is 2.15. The van der Waals surface area contributed by atoms with Crippen LogP contribution in [0.4, 0.5) is 11.5 Å². The summed E-state index contributed by atoms with van der Waals surface area (Å²) in [5.41, 5.74) is 6.40. The summed E-state index contributed by atoms with van der Waals surface area (Å²) >= 11 is 0. The van der Waals surface area contributed by atoms with Crippen LogP contribution >= 0.6 is 0 Å². The van der Waals surface area contributed by atoms with Gasteiger partial charge in [0.2, 0.25) is 0 Å². The normalized spacial score (nSPS) is 18.9. The molecule has 0 aromatic carbocycles. The molecule has 1 atom stereocenters. The van der Waals surface area contributed by atoms with E-state index in [1.54, 1.807) is 13.0 Å². The molecule has 0 saturated carbocycles. The average molecular weight is 281 g/mol. The average Bonchev–Trinajstić information content (AvgIpc) is 2.47. The minimum atomic E-state index is -0.467. The van der Waals surface area contributed by atoms with Gasteiger partial charge in [-0.05, 0) is 13.0 Å². The third-order valence-corrected chi connectivity index (χ3v) is 3.09. The van der Waals surface area contributed by atoms with Crippen LogP contribution in [-0.4, -0.2) is 55.1 Å². The quantitative estimate of drug-likeness (QED) is 0.752. The lowest BCUT2D eigenvalue weighted by Gasteiger charge is -2.36. The first-order valence-corrected chi connectivity index (χ1v) is 6.55. The first kappa shape index (κ1) is 14.5. The van der Waals surface area contributed by atoms with Crippen molar-refractivity contribution < 1.29 is 19.4 Å². The number of aromatic nitrogens is 1. The highest BCUT2D eigenvalue weighted by atomic mass is 16.5. The Hall–Kier alpha value is -1.86. The lowest BCUT2D eigenvalue weighted by atomic mass is 10.1. The summed E-state index contributed by atoms with van der Waals surface area (Å²) in [4.78, 5) is 18.1. The van der Waals surface area contributed by atoms with Crippen molar-refractivity contribution in [1.29, 1.82) is 0 Å². The molecule has 1 saturated heterocycles. The van der Waals surface area contributed by atoms with Gasteiger partial charge in [0.15, 0.2) is 0 Å². The van der Waals surface area contributed by atoms with Crippen LogP contribution in [0, 0.1) is 0 Å². The molecule has 20 heavy (non-hydrogen) atoms. The maximum absolute atomic E-state index is 12.0. The van der Waals surface area contributed by atoms with Crippen LogP contribution in [0.2, 0.25) is 0 Å². The van der Waals surface area contributed by atoms with Gasteiger partial charge in [-0.2, -0.15) is 0 Å². The van der Waals surface area contributed by atoms with Gasteiger partial charge in [0.05, 0.1) is 44.4 Å². The number of nitrogens with zero attached hydrogens (tertiary/aromatic N) is 2. The molecule has 3 N–H and O–H groups in total. The maximum atomic E-state index is 12.0. The predicted molar refractivity (Wildman–Crippen MR) is 73.6 cm³/mol. The molecule has 110 valence electrons. The second kappa shape index (κ2) is 6.53. The number of pyridine rings is 1. The maximum Gasteiger partial charge on any atom is 0.341 e. The second-order valence-corrected chi connectivity index (χ2v) is 4.46. The SMILES string of the molecule is CCOC(=O)c1cc(N)cnc1N1CCOCC1CO. The van der Waals surface area contributed by atoms with E-state index in [4.69, 9.17) is 15.2 Å². The fraction of sp³-hybridized carbons (Fsp3) is 0.538. The molecule has 0 amide bonds. The molecule has 1 aliphatic heterocycles. The largest absolute Gasteiger partial charge is 0.462 e. The summed E-state index contributed by atoms with van der Waals surface area (Å²) in [5, 5.41) is 9.42. The molecule has 1 fully saturated rings. The van der Waals surface area contributed by atoms with E-state index in [0.29, 0.717) is 36.8 Å². The highest BCUT2D eigenvalue weighted by Crippen LogP contribution is 2.24. The highest BCUT2D eigenvalue weighted by Gasteiger charge is 2.28. The number of ether oxygens (including phenoxy) is 2. The number of carbonyl (C=O) groups is 1. The summed E-state index contributed by atoms with van der Waals surface area (Å²) in [7, 11) is 0. The van der Waals surface area contributed by atoms with E-state index in [2.05, 4.69) is 4.98 Å². The zero-order valence-corrected chi connectivity index (χ0v) is 11.4. The number of esters is 1. The molecule has 0 bridgehead atoms. The molecule has 2 heterocycles. The Bertz CT molecular complexity index is 481. The van der Waals surface area contributed by atoms with Crippen molar-refractivity contribution in [2.24, 2.45) is 0 Å². The van der Waals surface area contributed by atoms with Crippen LogP contribution in [0.15, 0.2) is 12.3 Å². The number of nitrogen functional groups attached to an aromatic ring is 1. The number of morpholine rings is 1. The van der Waals surface area contributed by atoms with Crippen LogP contribution < -0.4 is 10.6 Å². The van der Waals surface area contributed by atoms with E-state index < -0.39 is 5.97 Å². The van der Waals surface area contributed by atoms with Gasteiger partial charge in [0.1, 0.15) is 11.4 Å². The molecule has 1 unspecified atom stereocenters. The molecule has 1 aromatic heterocycles. The van der Waals surface area contributed by atoms with E-state index in [0.717, 1.165) is 0 Å². The summed E-state index contributed by atoms with van der Waals surface area (Å²) in [5.74, 6) is 0.00508. The van der Waals surface area contributed by atoms with Crippen molar-refractivity contribution in [3.8, 4) is 0 Å². The van der Waals surface area contributed by atoms with Crippen molar-refractivity contribution in [2.75, 3.05) is 43.6 Å². The predicted octanol–water partition coefficient (Wildman–Crippen LogP) is 0.0380. The number of carbonyl (C=O) groups excluding carboxylic acids is 1. The van der Waals surface area contributed by atoms with Gasteiger partial charge in [0.25, 0.3) is 0 Å². The van der Waals surface area contributed by atoms with Crippen molar-refractivity contribution in [3.63, 3.8) is 0 Å². The van der Waals surface area contributed by atoms with Crippen molar-refractivity contribution >= 4 is 17.5 Å². The number of aliphatic hydroxyl groups excluding tert-OH is 1. The third-order valence-electron chi connectivity index (χ3n) is 3.09. The summed E-state index contributed by atoms with van der Waals surface area (Å²) < 4.78 is 10.4. The Morgan fingerprint density at radius 2 is 2.50 bits per heavy atom. The lowest BCUT2D eigenvalue weighted by Crippen LogP contribution is -2.48. The number of rotatable bonds is 4. The van der Waals surface area contributed by atoms with Crippen LogP contribution in [0.5, 0.6) is 0 Å². The highest BCUT2D eigenvalue weighted by molar-refractivity contribution is 5.95. The number of aliphatic hydroxyl groups is 1. The fourth-order valence-corrected chi connectivity index (χ4v) is 2.15. The van der Waals surface area contributed by atoms with E-state index in [1.165, 1.54) is 6.20 Å². The summed E-state index contributed by atoms with van der Waals surface area (Å²) in [6.45, 7) is 3.40. The standard InChI is InChI=1S/C13H19N3O4/c1-2-20-13(18)11-5-9(14)6-15-12(11)16-3-4-19-8-10(16)7-17/h5-6,10,17H,2-4,7-8,14H2,1H3. The van der Waals surface area contributed by atoms with Gasteiger partial charge in [0, 0.05) is 6.54 Å². The molecule has 1 aliphatic rings. The monoisotopic (exact) mass is 281 g/mol. The van der Waals surface area contributed by atoms with E-state index in [-0.39, 0.29) is 19.3 Å². The zero-order chi connectivity index (χ0) is 14.5. The van der Waals surface area contributed by atoms with Crippen molar-refractivity contribution in [2.45, 2.75) is 13.0 Å². The smallest absolute Gasteiger partial charge is 0.341 e. The van der Waals surface area contributed by atoms with Gasteiger partial charge < -0.3 is 25.2 Å². The van der Waals surface area contributed by atoms with Gasteiger partial charge >= 0.3 is 5.97 Å². The Morgan fingerprint density at radius 3 is 3.20 bits per heavy atom. The molecule has 7 nitrogen and oxygen atoms in total. The van der Waals surface area contributed by atoms with Gasteiger partial charge in [-0.15, -0.1) is 0 Å². The minimum absolute atomic E-state index is 0.0751. The summed E-state index contributed by atoms with van der Waals surface area (Å²) in [6.07, 6.45) is 1.49. The Morgan fingerprint density at radius 1 is 1.70 bits per heavy atom. The molecular weight excluding hydrogens is 262 g/mol. The number of nitrogens with two attached hydrogens (primary N) is 1. The van der Waals surface area contributed by atoms with Crippen molar-refractivity contribution in [1.82, 2.24) is 4.98 Å². The van der Waals surface area contributed by atoms with E-state index in [1.807, 2.05) is 4.90 Å². The molecular formula is C13H19N3O4. The second-order valence-electron chi connectivity index (χ2n) is 4.46. The van der Waals surface area contributed by atoms with Crippen LogP contribution in [-0.2, 0) is 9.47 Å².